The van der Waals surface area contributed by atoms with E-state index in [-0.39, 0.29) is 0 Å². The molecule has 0 atom stereocenters. The van der Waals surface area contributed by atoms with E-state index in [0.29, 0.717) is 28.1 Å². The van der Waals surface area contributed by atoms with Gasteiger partial charge in [-0.2, -0.15) is 9.61 Å². The first-order valence-electron chi connectivity index (χ1n) is 5.17. The van der Waals surface area contributed by atoms with Gasteiger partial charge >= 0.3 is 0 Å². The molecule has 0 saturated carbocycles. The summed E-state index contributed by atoms with van der Waals surface area (Å²) in [5.41, 5.74) is 1.32. The molecule has 0 aromatic carbocycles. The molecule has 0 aliphatic carbocycles. The number of pyridine rings is 1. The van der Waals surface area contributed by atoms with Gasteiger partial charge in [0.1, 0.15) is 5.15 Å². The Balaban J connectivity index is 2.28. The van der Waals surface area contributed by atoms with Gasteiger partial charge in [0.25, 0.3) is 0 Å². The van der Waals surface area contributed by atoms with Crippen molar-refractivity contribution in [2.75, 3.05) is 7.11 Å². The number of rotatable bonds is 2. The number of halogens is 1. The van der Waals surface area contributed by atoms with E-state index in [2.05, 4.69) is 20.3 Å². The van der Waals surface area contributed by atoms with E-state index < -0.39 is 0 Å². The number of fused-ring (bicyclic) bond motifs is 1. The van der Waals surface area contributed by atoms with Crippen LogP contribution in [0.3, 0.4) is 0 Å². The normalized spacial score (nSPS) is 10.8. The molecule has 0 unspecified atom stereocenters. The van der Waals surface area contributed by atoms with E-state index in [4.69, 9.17) is 16.3 Å². The zero-order valence-corrected chi connectivity index (χ0v) is 10.2. The first-order chi connectivity index (χ1) is 8.79. The molecule has 0 spiro atoms. The Labute approximate surface area is 107 Å². The Bertz CT molecular complexity index is 711. The highest BCUT2D eigenvalue weighted by molar-refractivity contribution is 6.29. The van der Waals surface area contributed by atoms with Gasteiger partial charge in [0, 0.05) is 6.20 Å². The first-order valence-corrected chi connectivity index (χ1v) is 5.55. The van der Waals surface area contributed by atoms with Crippen molar-refractivity contribution in [2.24, 2.45) is 0 Å². The monoisotopic (exact) mass is 261 g/mol. The lowest BCUT2D eigenvalue weighted by atomic mass is 10.2. The molecule has 0 fully saturated rings. The van der Waals surface area contributed by atoms with Crippen molar-refractivity contribution in [1.82, 2.24) is 24.8 Å². The third-order valence-electron chi connectivity index (χ3n) is 2.44. The van der Waals surface area contributed by atoms with E-state index >= 15 is 0 Å². The van der Waals surface area contributed by atoms with Crippen LogP contribution >= 0.6 is 11.6 Å². The number of hydrogen-bond donors (Lipinski definition) is 0. The lowest BCUT2D eigenvalue weighted by Crippen LogP contribution is -1.98. The molecule has 0 saturated heterocycles. The molecule has 0 bridgehead atoms. The molecule has 0 amide bonds. The van der Waals surface area contributed by atoms with Crippen LogP contribution in [0.5, 0.6) is 5.88 Å². The van der Waals surface area contributed by atoms with Crippen LogP contribution in [0.1, 0.15) is 0 Å². The number of aromatic nitrogens is 5. The maximum absolute atomic E-state index is 5.87. The Morgan fingerprint density at radius 2 is 2.11 bits per heavy atom. The summed E-state index contributed by atoms with van der Waals surface area (Å²) >= 11 is 5.87. The maximum atomic E-state index is 5.87. The molecule has 18 heavy (non-hydrogen) atoms. The highest BCUT2D eigenvalue weighted by Crippen LogP contribution is 2.25. The summed E-state index contributed by atoms with van der Waals surface area (Å²) in [6, 6.07) is 7.04. The van der Waals surface area contributed by atoms with Crippen molar-refractivity contribution in [3.63, 3.8) is 0 Å². The van der Waals surface area contributed by atoms with Gasteiger partial charge in [0.2, 0.25) is 5.88 Å². The fourth-order valence-corrected chi connectivity index (χ4v) is 1.80. The lowest BCUT2D eigenvalue weighted by Gasteiger charge is -2.04. The van der Waals surface area contributed by atoms with Gasteiger partial charge in [-0.25, -0.2) is 4.98 Å². The van der Waals surface area contributed by atoms with Gasteiger partial charge in [-0.05, 0) is 24.3 Å². The van der Waals surface area contributed by atoms with Crippen LogP contribution in [0.25, 0.3) is 17.0 Å². The molecule has 90 valence electrons. The molecule has 0 radical (unpaired) electrons. The summed E-state index contributed by atoms with van der Waals surface area (Å²) in [4.78, 5) is 4.12. The van der Waals surface area contributed by atoms with Gasteiger partial charge < -0.3 is 4.74 Å². The van der Waals surface area contributed by atoms with Gasteiger partial charge in [-0.3, -0.25) is 0 Å². The minimum atomic E-state index is 0.367. The second-order valence-corrected chi connectivity index (χ2v) is 3.90. The molecule has 3 rings (SSSR count). The Morgan fingerprint density at radius 3 is 2.94 bits per heavy atom. The van der Waals surface area contributed by atoms with Crippen molar-refractivity contribution in [3.8, 4) is 17.3 Å². The van der Waals surface area contributed by atoms with Crippen LogP contribution in [-0.2, 0) is 0 Å². The summed E-state index contributed by atoms with van der Waals surface area (Å²) in [6.45, 7) is 0. The third kappa shape index (κ3) is 1.67. The van der Waals surface area contributed by atoms with Crippen molar-refractivity contribution in [1.29, 1.82) is 0 Å². The molecule has 6 nitrogen and oxygen atoms in total. The van der Waals surface area contributed by atoms with Gasteiger partial charge in [0.05, 0.1) is 12.7 Å². The van der Waals surface area contributed by atoms with Crippen molar-refractivity contribution < 1.29 is 4.74 Å². The topological polar surface area (TPSA) is 65.2 Å². The molecule has 7 heteroatoms. The molecular weight excluding hydrogens is 254 g/mol. The second kappa shape index (κ2) is 4.23. The average molecular weight is 262 g/mol. The van der Waals surface area contributed by atoms with Gasteiger partial charge in [-0.1, -0.05) is 11.6 Å². The van der Waals surface area contributed by atoms with Crippen LogP contribution in [0.2, 0.25) is 5.15 Å². The maximum Gasteiger partial charge on any atom is 0.224 e. The fraction of sp³-hybridized carbons (Fsp3) is 0.0909. The van der Waals surface area contributed by atoms with Crippen LogP contribution in [0, 0.1) is 0 Å². The summed E-state index contributed by atoms with van der Waals surface area (Å²) in [7, 11) is 1.55. The van der Waals surface area contributed by atoms with E-state index in [1.54, 1.807) is 36.0 Å². The summed E-state index contributed by atoms with van der Waals surface area (Å²) in [5.74, 6) is 1.01. The van der Waals surface area contributed by atoms with Crippen LogP contribution in [0.4, 0.5) is 0 Å². The molecular formula is C11H8ClN5O. The molecule has 3 aromatic heterocycles. The fourth-order valence-electron chi connectivity index (χ4n) is 1.66. The Hall–Kier alpha value is -2.21. The van der Waals surface area contributed by atoms with Crippen LogP contribution in [-0.4, -0.2) is 31.9 Å². The van der Waals surface area contributed by atoms with Crippen molar-refractivity contribution in [3.05, 3.63) is 35.6 Å². The molecule has 0 aliphatic rings. The quantitative estimate of drug-likeness (QED) is 0.704. The van der Waals surface area contributed by atoms with Crippen LogP contribution < -0.4 is 4.74 Å². The number of nitrogens with zero attached hydrogens (tertiary/aromatic N) is 5. The van der Waals surface area contributed by atoms with E-state index in [9.17, 15) is 0 Å². The average Bonchev–Trinajstić information content (AvgIpc) is 2.81. The predicted molar refractivity (Wildman–Crippen MR) is 65.6 cm³/mol. The smallest absolute Gasteiger partial charge is 0.224 e. The third-order valence-corrected chi connectivity index (χ3v) is 2.64. The highest BCUT2D eigenvalue weighted by Gasteiger charge is 2.14. The summed E-state index contributed by atoms with van der Waals surface area (Å²) in [6.07, 6.45) is 1.64. The van der Waals surface area contributed by atoms with Crippen molar-refractivity contribution >= 4 is 17.2 Å². The number of methoxy groups -OCH3 is 1. The predicted octanol–water partition coefficient (Wildman–Crippen LogP) is 1.85. The summed E-state index contributed by atoms with van der Waals surface area (Å²) in [5, 5.41) is 12.6. The number of ether oxygens (including phenoxy) is 1. The Morgan fingerprint density at radius 1 is 1.22 bits per heavy atom. The molecule has 0 aliphatic heterocycles. The van der Waals surface area contributed by atoms with E-state index in [0.717, 1.165) is 0 Å². The highest BCUT2D eigenvalue weighted by atomic mass is 35.5. The largest absolute Gasteiger partial charge is 0.480 e. The van der Waals surface area contributed by atoms with E-state index in [1.807, 2.05) is 6.07 Å². The van der Waals surface area contributed by atoms with Crippen molar-refractivity contribution in [2.45, 2.75) is 0 Å². The van der Waals surface area contributed by atoms with Gasteiger partial charge in [0.15, 0.2) is 11.5 Å². The molecule has 0 N–H and O–H groups in total. The molecule has 3 aromatic rings. The summed E-state index contributed by atoms with van der Waals surface area (Å²) < 4.78 is 6.75. The zero-order chi connectivity index (χ0) is 12.5. The minimum Gasteiger partial charge on any atom is -0.480 e. The van der Waals surface area contributed by atoms with E-state index in [1.165, 1.54) is 0 Å². The van der Waals surface area contributed by atoms with Gasteiger partial charge in [-0.15, -0.1) is 10.2 Å². The second-order valence-electron chi connectivity index (χ2n) is 3.51. The zero-order valence-electron chi connectivity index (χ0n) is 9.41. The molecule has 3 heterocycles. The van der Waals surface area contributed by atoms with Crippen LogP contribution in [0.15, 0.2) is 30.5 Å². The Kier molecular flexibility index (Phi) is 2.56. The minimum absolute atomic E-state index is 0.367. The lowest BCUT2D eigenvalue weighted by molar-refractivity contribution is 0.399. The standard InChI is InChI=1S/C11H8ClN5O/c1-18-11-7(3-2-6-13-11)10-15-14-9-5-4-8(12)16-17(9)10/h2-6H,1H3. The number of hydrogen-bond acceptors (Lipinski definition) is 5. The first kappa shape index (κ1) is 10.9. The SMILES string of the molecule is COc1ncccc1-c1nnc2ccc(Cl)nn12.